The number of rotatable bonds is 6. The Labute approximate surface area is 162 Å². The normalized spacial score (nSPS) is 10.4. The van der Waals surface area contributed by atoms with E-state index >= 15 is 0 Å². The van der Waals surface area contributed by atoms with Crippen LogP contribution in [-0.2, 0) is 14.3 Å². The fraction of sp³-hybridized carbons (Fsp3) is 0.190. The van der Waals surface area contributed by atoms with Gasteiger partial charge in [-0.25, -0.2) is 9.59 Å². The molecule has 1 amide bonds. The molecule has 0 atom stereocenters. The van der Waals surface area contributed by atoms with Gasteiger partial charge in [0.1, 0.15) is 5.75 Å². The van der Waals surface area contributed by atoms with Gasteiger partial charge in [-0.2, -0.15) is 0 Å². The maximum Gasteiger partial charge on any atom is 0.339 e. The summed E-state index contributed by atoms with van der Waals surface area (Å²) >= 11 is 0. The van der Waals surface area contributed by atoms with Crippen molar-refractivity contribution in [2.45, 2.75) is 6.92 Å². The molecule has 2 rings (SSSR count). The van der Waals surface area contributed by atoms with Crippen molar-refractivity contribution in [3.63, 3.8) is 0 Å². The van der Waals surface area contributed by atoms with Crippen molar-refractivity contribution in [3.05, 3.63) is 64.7 Å². The maximum atomic E-state index is 12.4. The van der Waals surface area contributed by atoms with Crippen LogP contribution in [-0.4, -0.2) is 39.2 Å². The SMILES string of the molecule is COC(=O)c1ccc(C(=O)OC)c(NC(=O)/C=C/c2cc(C)ccc2OC)c1. The molecule has 7 nitrogen and oxygen atoms in total. The first-order valence-electron chi connectivity index (χ1n) is 8.34. The highest BCUT2D eigenvalue weighted by Crippen LogP contribution is 2.22. The van der Waals surface area contributed by atoms with Crippen LogP contribution in [0.3, 0.4) is 0 Å². The number of amides is 1. The van der Waals surface area contributed by atoms with Crippen LogP contribution in [0.2, 0.25) is 0 Å². The van der Waals surface area contributed by atoms with Crippen LogP contribution in [0, 0.1) is 6.92 Å². The van der Waals surface area contributed by atoms with E-state index in [1.165, 1.54) is 38.5 Å². The van der Waals surface area contributed by atoms with E-state index in [0.29, 0.717) is 5.75 Å². The molecule has 2 aromatic rings. The molecule has 0 spiro atoms. The second kappa shape index (κ2) is 9.36. The van der Waals surface area contributed by atoms with Crippen LogP contribution in [0.5, 0.6) is 5.75 Å². The molecule has 1 N–H and O–H groups in total. The summed E-state index contributed by atoms with van der Waals surface area (Å²) in [6.45, 7) is 1.93. The number of aryl methyl sites for hydroxylation is 1. The third-order valence-electron chi connectivity index (χ3n) is 3.90. The van der Waals surface area contributed by atoms with Crippen molar-refractivity contribution in [3.8, 4) is 5.75 Å². The minimum absolute atomic E-state index is 0.116. The number of benzene rings is 2. The Morgan fingerprint density at radius 2 is 1.64 bits per heavy atom. The predicted octanol–water partition coefficient (Wildman–Crippen LogP) is 3.23. The predicted molar refractivity (Wildman–Crippen MR) is 105 cm³/mol. The Kier molecular flexibility index (Phi) is 6.92. The Balaban J connectivity index is 2.30. The number of carbonyl (C=O) groups excluding carboxylic acids is 3. The average molecular weight is 383 g/mol. The van der Waals surface area contributed by atoms with Crippen molar-refractivity contribution in [1.82, 2.24) is 0 Å². The molecular weight excluding hydrogens is 362 g/mol. The smallest absolute Gasteiger partial charge is 0.339 e. The van der Waals surface area contributed by atoms with Gasteiger partial charge in [-0.3, -0.25) is 4.79 Å². The molecule has 0 fully saturated rings. The van der Waals surface area contributed by atoms with Gasteiger partial charge in [0.25, 0.3) is 0 Å². The van der Waals surface area contributed by atoms with E-state index < -0.39 is 17.8 Å². The third-order valence-corrected chi connectivity index (χ3v) is 3.90. The molecule has 0 saturated carbocycles. The topological polar surface area (TPSA) is 90.9 Å². The lowest BCUT2D eigenvalue weighted by Gasteiger charge is -2.10. The van der Waals surface area contributed by atoms with Crippen LogP contribution >= 0.6 is 0 Å². The first-order chi connectivity index (χ1) is 13.4. The summed E-state index contributed by atoms with van der Waals surface area (Å²) in [4.78, 5) is 36.1. The maximum absolute atomic E-state index is 12.4. The summed E-state index contributed by atoms with van der Waals surface area (Å²) in [5.74, 6) is -1.10. The van der Waals surface area contributed by atoms with Crippen LogP contribution in [0.4, 0.5) is 5.69 Å². The molecule has 2 aromatic carbocycles. The van der Waals surface area contributed by atoms with Gasteiger partial charge in [0.15, 0.2) is 0 Å². The van der Waals surface area contributed by atoms with E-state index in [1.54, 1.807) is 13.2 Å². The molecule has 0 heterocycles. The van der Waals surface area contributed by atoms with Gasteiger partial charge in [0.05, 0.1) is 38.1 Å². The molecule has 0 bridgehead atoms. The van der Waals surface area contributed by atoms with Gasteiger partial charge in [0, 0.05) is 11.6 Å². The van der Waals surface area contributed by atoms with Crippen LogP contribution in [0.15, 0.2) is 42.5 Å². The summed E-state index contributed by atoms with van der Waals surface area (Å²) in [6.07, 6.45) is 2.91. The van der Waals surface area contributed by atoms with Crippen molar-refractivity contribution in [2.75, 3.05) is 26.6 Å². The Morgan fingerprint density at radius 1 is 0.929 bits per heavy atom. The standard InChI is InChI=1S/C21H21NO6/c1-13-5-9-18(26-2)14(11-13)7-10-19(23)22-17-12-15(20(24)27-3)6-8-16(17)21(25)28-4/h5-12H,1-4H3,(H,22,23)/b10-7+. The second-order valence-corrected chi connectivity index (χ2v) is 5.81. The number of hydrogen-bond donors (Lipinski definition) is 1. The number of carbonyl (C=O) groups is 3. The lowest BCUT2D eigenvalue weighted by Crippen LogP contribution is -2.14. The van der Waals surface area contributed by atoms with E-state index in [1.807, 2.05) is 25.1 Å². The number of nitrogens with one attached hydrogen (secondary N) is 1. The average Bonchev–Trinajstić information content (AvgIpc) is 2.71. The van der Waals surface area contributed by atoms with E-state index in [0.717, 1.165) is 11.1 Å². The van der Waals surface area contributed by atoms with Crippen LogP contribution in [0.25, 0.3) is 6.08 Å². The lowest BCUT2D eigenvalue weighted by molar-refractivity contribution is -0.111. The molecule has 0 saturated heterocycles. The van der Waals surface area contributed by atoms with Gasteiger partial charge >= 0.3 is 11.9 Å². The first kappa shape index (κ1) is 20.7. The minimum atomic E-state index is -0.643. The number of esters is 2. The minimum Gasteiger partial charge on any atom is -0.496 e. The van der Waals surface area contributed by atoms with Crippen molar-refractivity contribution in [1.29, 1.82) is 0 Å². The van der Waals surface area contributed by atoms with E-state index in [9.17, 15) is 14.4 Å². The van der Waals surface area contributed by atoms with Gasteiger partial charge in [-0.1, -0.05) is 11.6 Å². The zero-order valence-electron chi connectivity index (χ0n) is 16.1. The molecular formula is C21H21NO6. The summed E-state index contributed by atoms with van der Waals surface area (Å²) in [5.41, 5.74) is 2.19. The second-order valence-electron chi connectivity index (χ2n) is 5.81. The first-order valence-corrected chi connectivity index (χ1v) is 8.34. The highest BCUT2D eigenvalue weighted by Gasteiger charge is 2.16. The molecule has 0 aromatic heterocycles. The van der Waals surface area contributed by atoms with Crippen molar-refractivity contribution >= 4 is 29.6 Å². The highest BCUT2D eigenvalue weighted by atomic mass is 16.5. The molecule has 146 valence electrons. The molecule has 0 radical (unpaired) electrons. The zero-order chi connectivity index (χ0) is 20.7. The number of methoxy groups -OCH3 is 3. The van der Waals surface area contributed by atoms with E-state index in [-0.39, 0.29) is 16.8 Å². The highest BCUT2D eigenvalue weighted by molar-refractivity contribution is 6.07. The van der Waals surface area contributed by atoms with Gasteiger partial charge in [-0.05, 0) is 43.3 Å². The fourth-order valence-electron chi connectivity index (χ4n) is 2.50. The monoisotopic (exact) mass is 383 g/mol. The summed E-state index contributed by atoms with van der Waals surface area (Å²) in [6, 6.07) is 9.75. The van der Waals surface area contributed by atoms with Gasteiger partial charge in [0.2, 0.25) is 5.91 Å². The molecule has 0 aliphatic rings. The summed E-state index contributed by atoms with van der Waals surface area (Å²) in [5, 5.41) is 2.59. The summed E-state index contributed by atoms with van der Waals surface area (Å²) < 4.78 is 14.7. The Hall–Kier alpha value is -3.61. The molecule has 7 heteroatoms. The van der Waals surface area contributed by atoms with Crippen molar-refractivity contribution in [2.24, 2.45) is 0 Å². The van der Waals surface area contributed by atoms with Crippen molar-refractivity contribution < 1.29 is 28.6 Å². The Morgan fingerprint density at radius 3 is 2.29 bits per heavy atom. The molecule has 0 aliphatic heterocycles. The van der Waals surface area contributed by atoms with Crippen LogP contribution in [0.1, 0.15) is 31.8 Å². The molecule has 0 aliphatic carbocycles. The van der Waals surface area contributed by atoms with E-state index in [4.69, 9.17) is 9.47 Å². The lowest BCUT2D eigenvalue weighted by atomic mass is 10.1. The summed E-state index contributed by atoms with van der Waals surface area (Å²) in [7, 11) is 4.02. The number of anilines is 1. The van der Waals surface area contributed by atoms with Crippen LogP contribution < -0.4 is 10.1 Å². The Bertz CT molecular complexity index is 932. The number of hydrogen-bond acceptors (Lipinski definition) is 6. The zero-order valence-corrected chi connectivity index (χ0v) is 16.1. The van der Waals surface area contributed by atoms with Gasteiger partial charge < -0.3 is 19.5 Å². The molecule has 28 heavy (non-hydrogen) atoms. The molecule has 0 unspecified atom stereocenters. The van der Waals surface area contributed by atoms with Gasteiger partial charge in [-0.15, -0.1) is 0 Å². The fourth-order valence-corrected chi connectivity index (χ4v) is 2.50. The third kappa shape index (κ3) is 4.97. The number of ether oxygens (including phenoxy) is 3. The van der Waals surface area contributed by atoms with E-state index in [2.05, 4.69) is 10.1 Å². The largest absolute Gasteiger partial charge is 0.496 e. The quantitative estimate of drug-likeness (QED) is 0.608.